The van der Waals surface area contributed by atoms with Gasteiger partial charge < -0.3 is 19.9 Å². The van der Waals surface area contributed by atoms with E-state index in [2.05, 4.69) is 56.4 Å². The highest BCUT2D eigenvalue weighted by Gasteiger charge is 2.42. The Bertz CT molecular complexity index is 1400. The molecule has 0 bridgehead atoms. The highest BCUT2D eigenvalue weighted by Crippen LogP contribution is 2.36. The van der Waals surface area contributed by atoms with Gasteiger partial charge in [-0.05, 0) is 58.0 Å². The fourth-order valence-electron chi connectivity index (χ4n) is 5.45. The van der Waals surface area contributed by atoms with Gasteiger partial charge in [0.1, 0.15) is 11.6 Å². The molecule has 38 heavy (non-hydrogen) atoms. The summed E-state index contributed by atoms with van der Waals surface area (Å²) in [6.45, 7) is 9.83. The van der Waals surface area contributed by atoms with Crippen LogP contribution >= 0.6 is 0 Å². The molecule has 4 aromatic heterocycles. The number of carbonyl (C=O) groups is 1. The van der Waals surface area contributed by atoms with E-state index in [1.165, 1.54) is 0 Å². The highest BCUT2D eigenvalue weighted by molar-refractivity contribution is 6.00. The van der Waals surface area contributed by atoms with Crippen LogP contribution in [-0.2, 0) is 4.79 Å². The Hall–Kier alpha value is -3.66. The summed E-state index contributed by atoms with van der Waals surface area (Å²) in [7, 11) is 4.08. The van der Waals surface area contributed by atoms with E-state index in [0.29, 0.717) is 19.1 Å². The van der Waals surface area contributed by atoms with Crippen molar-refractivity contribution in [3.05, 3.63) is 36.8 Å². The van der Waals surface area contributed by atoms with E-state index in [0.717, 1.165) is 71.7 Å². The fourth-order valence-corrected chi connectivity index (χ4v) is 5.45. The molecule has 0 saturated carbocycles. The second-order valence-electron chi connectivity index (χ2n) is 11.0. The first-order valence-electron chi connectivity index (χ1n) is 13.4. The molecule has 2 N–H and O–H groups in total. The topological polar surface area (TPSA) is 104 Å². The number of nitrogens with one attached hydrogen (secondary N) is 2. The molecular formula is C28H38N8O2. The Kier molecular flexibility index (Phi) is 7.25. The van der Waals surface area contributed by atoms with Crippen LogP contribution in [0.1, 0.15) is 33.6 Å². The van der Waals surface area contributed by atoms with Crippen LogP contribution in [0.4, 0.5) is 5.82 Å². The zero-order valence-corrected chi connectivity index (χ0v) is 23.0. The minimum absolute atomic E-state index is 0.174. The second-order valence-corrected chi connectivity index (χ2v) is 11.0. The van der Waals surface area contributed by atoms with Crippen molar-refractivity contribution in [3.63, 3.8) is 0 Å². The number of anilines is 1. The van der Waals surface area contributed by atoms with Crippen LogP contribution in [0.25, 0.3) is 27.7 Å². The van der Waals surface area contributed by atoms with Crippen molar-refractivity contribution in [2.75, 3.05) is 51.8 Å². The quantitative estimate of drug-likeness (QED) is 0.349. The monoisotopic (exact) mass is 518 g/mol. The molecule has 1 aliphatic heterocycles. The molecular weight excluding hydrogens is 480 g/mol. The Morgan fingerprint density at radius 2 is 2.03 bits per heavy atom. The van der Waals surface area contributed by atoms with Crippen LogP contribution in [0.2, 0.25) is 0 Å². The lowest BCUT2D eigenvalue weighted by Crippen LogP contribution is -2.53. The molecule has 202 valence electrons. The summed E-state index contributed by atoms with van der Waals surface area (Å²) in [5.41, 5.74) is 3.29. The normalized spacial score (nSPS) is 15.6. The van der Waals surface area contributed by atoms with Gasteiger partial charge in [-0.15, -0.1) is 5.10 Å². The summed E-state index contributed by atoms with van der Waals surface area (Å²) in [5, 5.41) is 15.9. The zero-order valence-electron chi connectivity index (χ0n) is 23.0. The average molecular weight is 519 g/mol. The molecule has 0 atom stereocenters. The van der Waals surface area contributed by atoms with Crippen LogP contribution in [0.15, 0.2) is 36.8 Å². The number of ether oxygens (including phenoxy) is 1. The Morgan fingerprint density at radius 1 is 1.24 bits per heavy atom. The van der Waals surface area contributed by atoms with Gasteiger partial charge in [-0.25, -0.2) is 9.50 Å². The minimum Gasteiger partial charge on any atom is -0.492 e. The summed E-state index contributed by atoms with van der Waals surface area (Å²) >= 11 is 0. The molecule has 1 amide bonds. The van der Waals surface area contributed by atoms with E-state index in [1.807, 2.05) is 44.0 Å². The van der Waals surface area contributed by atoms with Crippen LogP contribution in [-0.4, -0.2) is 82.5 Å². The fraction of sp³-hybridized carbons (Fsp3) is 0.500. The maximum absolute atomic E-state index is 13.2. The highest BCUT2D eigenvalue weighted by atomic mass is 16.5. The van der Waals surface area contributed by atoms with Crippen LogP contribution in [0, 0.1) is 11.3 Å². The molecule has 10 nitrogen and oxygen atoms in total. The van der Waals surface area contributed by atoms with Crippen molar-refractivity contribution in [3.8, 4) is 16.9 Å². The summed E-state index contributed by atoms with van der Waals surface area (Å²) < 4.78 is 7.66. The van der Waals surface area contributed by atoms with Gasteiger partial charge in [0.15, 0.2) is 5.65 Å². The number of nitrogens with zero attached hydrogens (tertiary/aromatic N) is 6. The number of H-pyrrole nitrogens is 1. The summed E-state index contributed by atoms with van der Waals surface area (Å²) in [5.74, 6) is 2.28. The number of rotatable bonds is 9. The maximum atomic E-state index is 13.2. The number of fused-ring (bicyclic) bond motifs is 3. The Balaban J connectivity index is 1.38. The van der Waals surface area contributed by atoms with Crippen LogP contribution in [0.3, 0.4) is 0 Å². The van der Waals surface area contributed by atoms with E-state index >= 15 is 0 Å². The van der Waals surface area contributed by atoms with Crippen molar-refractivity contribution in [1.29, 1.82) is 0 Å². The first kappa shape index (κ1) is 26.0. The Morgan fingerprint density at radius 3 is 2.68 bits per heavy atom. The predicted octanol–water partition coefficient (Wildman–Crippen LogP) is 3.59. The molecule has 10 heteroatoms. The van der Waals surface area contributed by atoms with E-state index in [9.17, 15) is 4.79 Å². The lowest BCUT2D eigenvalue weighted by Gasteiger charge is -2.42. The van der Waals surface area contributed by atoms with Gasteiger partial charge in [0.05, 0.1) is 35.3 Å². The van der Waals surface area contributed by atoms with Gasteiger partial charge >= 0.3 is 0 Å². The minimum atomic E-state index is -0.377. The van der Waals surface area contributed by atoms with Crippen LogP contribution < -0.4 is 15.0 Å². The third-order valence-corrected chi connectivity index (χ3v) is 7.29. The molecule has 0 unspecified atom stereocenters. The molecule has 1 saturated heterocycles. The number of aromatic amines is 1. The van der Waals surface area contributed by atoms with Crippen molar-refractivity contribution in [1.82, 2.24) is 35.0 Å². The molecule has 5 rings (SSSR count). The van der Waals surface area contributed by atoms with Crippen molar-refractivity contribution in [2.45, 2.75) is 33.6 Å². The number of hydrogen-bond donors (Lipinski definition) is 2. The predicted molar refractivity (Wildman–Crippen MR) is 150 cm³/mol. The van der Waals surface area contributed by atoms with Crippen molar-refractivity contribution >= 4 is 28.3 Å². The SMILES string of the molecule is CCOc1cc(-c2ccc(N3CCC(CN(C)C)(C(=O)NCC(C)C)CC3)nc2)c2c3cn[nH]c3nn2c1. The van der Waals surface area contributed by atoms with Gasteiger partial charge in [0.25, 0.3) is 0 Å². The summed E-state index contributed by atoms with van der Waals surface area (Å²) in [6.07, 6.45) is 7.20. The maximum Gasteiger partial charge on any atom is 0.227 e. The van der Waals surface area contributed by atoms with Crippen LogP contribution in [0.5, 0.6) is 5.75 Å². The Labute approximate surface area is 223 Å². The van der Waals surface area contributed by atoms with E-state index in [-0.39, 0.29) is 11.3 Å². The molecule has 0 radical (unpaired) electrons. The number of pyridine rings is 2. The molecule has 5 heterocycles. The zero-order chi connectivity index (χ0) is 26.9. The van der Waals surface area contributed by atoms with Crippen molar-refractivity contribution in [2.24, 2.45) is 11.3 Å². The number of carbonyl (C=O) groups excluding carboxylic acids is 1. The number of piperidine rings is 1. The van der Waals surface area contributed by atoms with Gasteiger partial charge in [-0.2, -0.15) is 5.10 Å². The average Bonchev–Trinajstić information content (AvgIpc) is 3.48. The number of aromatic nitrogens is 5. The number of amides is 1. The van der Waals surface area contributed by atoms with E-state index in [1.54, 1.807) is 6.20 Å². The molecule has 0 aromatic carbocycles. The molecule has 0 aliphatic carbocycles. The number of hydrogen-bond acceptors (Lipinski definition) is 7. The van der Waals surface area contributed by atoms with Crippen molar-refractivity contribution < 1.29 is 9.53 Å². The lowest BCUT2D eigenvalue weighted by molar-refractivity contribution is -0.133. The van der Waals surface area contributed by atoms with E-state index < -0.39 is 0 Å². The molecule has 4 aromatic rings. The standard InChI is InChI=1S/C28H38N8O2/c1-6-38-21-13-22(25-23-16-31-32-26(23)33-36(25)17-21)20-7-8-24(29-15-20)35-11-9-28(10-12-35,18-34(4)5)27(37)30-14-19(2)3/h7-8,13,15-17,19H,6,9-12,14,18H2,1-5H3,(H,30,37)(H,32,33). The van der Waals surface area contributed by atoms with Gasteiger partial charge in [0.2, 0.25) is 5.91 Å². The third-order valence-electron chi connectivity index (χ3n) is 7.29. The van der Waals surface area contributed by atoms with Gasteiger partial charge in [0, 0.05) is 43.5 Å². The first-order chi connectivity index (χ1) is 18.3. The molecule has 1 aliphatic rings. The summed E-state index contributed by atoms with van der Waals surface area (Å²) in [6, 6.07) is 6.21. The van der Waals surface area contributed by atoms with Gasteiger partial charge in [-0.3, -0.25) is 9.89 Å². The van der Waals surface area contributed by atoms with Gasteiger partial charge in [-0.1, -0.05) is 13.8 Å². The smallest absolute Gasteiger partial charge is 0.227 e. The summed E-state index contributed by atoms with van der Waals surface area (Å²) in [4.78, 5) is 22.5. The molecule has 0 spiro atoms. The van der Waals surface area contributed by atoms with E-state index in [4.69, 9.17) is 9.72 Å². The largest absolute Gasteiger partial charge is 0.492 e. The third kappa shape index (κ3) is 5.05. The first-order valence-corrected chi connectivity index (χ1v) is 13.4. The molecule has 1 fully saturated rings. The lowest BCUT2D eigenvalue weighted by atomic mass is 9.76. The second kappa shape index (κ2) is 10.6.